The number of amides is 2. The summed E-state index contributed by atoms with van der Waals surface area (Å²) in [7, 11) is 0. The highest BCUT2D eigenvalue weighted by molar-refractivity contribution is 6.34. The zero-order valence-corrected chi connectivity index (χ0v) is 16.3. The van der Waals surface area contributed by atoms with Crippen LogP contribution in [-0.2, 0) is 14.4 Å². The van der Waals surface area contributed by atoms with Crippen molar-refractivity contribution in [3.05, 3.63) is 35.4 Å². The topological polar surface area (TPSA) is 98.3 Å². The molecule has 2 aliphatic carbocycles. The van der Waals surface area contributed by atoms with E-state index in [1.165, 1.54) is 6.42 Å². The smallest absolute Gasteiger partial charge is 0.228 e. The number of nitrogens with one attached hydrogen (secondary N) is 2. The number of carbonyl (C=O) groups is 3. The molecule has 0 saturated heterocycles. The summed E-state index contributed by atoms with van der Waals surface area (Å²) in [5.41, 5.74) is 0.959. The molecule has 2 N–H and O–H groups in total. The number of rotatable bonds is 5. The van der Waals surface area contributed by atoms with Crippen molar-refractivity contribution in [2.75, 3.05) is 10.6 Å². The first kappa shape index (κ1) is 20.4. The monoisotopic (exact) mass is 403 g/mol. The lowest BCUT2D eigenvalue weighted by molar-refractivity contribution is -0.313. The number of carboxylic acid groups (broad SMARTS) is 1. The molecule has 1 aromatic rings. The predicted octanol–water partition coefficient (Wildman–Crippen LogP) is 3.13. The van der Waals surface area contributed by atoms with Crippen LogP contribution < -0.4 is 15.7 Å². The third kappa shape index (κ3) is 4.93. The van der Waals surface area contributed by atoms with Gasteiger partial charge in [0.05, 0.1) is 16.6 Å². The molecule has 0 heterocycles. The van der Waals surface area contributed by atoms with E-state index >= 15 is 0 Å². The van der Waals surface area contributed by atoms with Crippen LogP contribution in [0.5, 0.6) is 0 Å². The van der Waals surface area contributed by atoms with Gasteiger partial charge in [-0.05, 0) is 43.9 Å². The lowest BCUT2D eigenvalue weighted by atomic mass is 9.82. The number of anilines is 2. The van der Waals surface area contributed by atoms with Gasteiger partial charge in [-0.15, -0.1) is 0 Å². The van der Waals surface area contributed by atoms with Crippen LogP contribution in [-0.4, -0.2) is 17.8 Å². The number of benzene rings is 1. The Bertz CT molecular complexity index is 787. The van der Waals surface area contributed by atoms with Crippen molar-refractivity contribution in [3.8, 4) is 0 Å². The number of carbonyl (C=O) groups excluding carboxylic acids is 3. The summed E-state index contributed by atoms with van der Waals surface area (Å²) >= 11 is 6.28. The summed E-state index contributed by atoms with van der Waals surface area (Å²) in [4.78, 5) is 36.2. The van der Waals surface area contributed by atoms with Gasteiger partial charge in [-0.2, -0.15) is 0 Å². The quantitative estimate of drug-likeness (QED) is 0.738. The molecule has 0 aliphatic heterocycles. The van der Waals surface area contributed by atoms with Crippen LogP contribution >= 0.6 is 11.6 Å². The number of carboxylic acids is 1. The molecule has 1 fully saturated rings. The van der Waals surface area contributed by atoms with E-state index < -0.39 is 17.8 Å². The van der Waals surface area contributed by atoms with Crippen LogP contribution in [0.25, 0.3) is 0 Å². The van der Waals surface area contributed by atoms with Gasteiger partial charge in [0, 0.05) is 23.5 Å². The van der Waals surface area contributed by atoms with E-state index in [2.05, 4.69) is 10.6 Å². The van der Waals surface area contributed by atoms with E-state index in [9.17, 15) is 19.5 Å². The van der Waals surface area contributed by atoms with Crippen LogP contribution in [0, 0.1) is 17.8 Å². The highest BCUT2D eigenvalue weighted by Gasteiger charge is 2.30. The lowest BCUT2D eigenvalue weighted by Gasteiger charge is -2.28. The summed E-state index contributed by atoms with van der Waals surface area (Å²) < 4.78 is 0. The summed E-state index contributed by atoms with van der Waals surface area (Å²) in [5.74, 6) is -3.12. The second kappa shape index (κ2) is 9.24. The van der Waals surface area contributed by atoms with Gasteiger partial charge >= 0.3 is 0 Å². The van der Waals surface area contributed by atoms with Crippen molar-refractivity contribution < 1.29 is 19.5 Å². The van der Waals surface area contributed by atoms with Gasteiger partial charge in [0.2, 0.25) is 11.8 Å². The fraction of sp³-hybridized carbons (Fsp3) is 0.476. The highest BCUT2D eigenvalue weighted by Crippen LogP contribution is 2.30. The summed E-state index contributed by atoms with van der Waals surface area (Å²) in [6, 6.07) is 4.85. The number of aliphatic carboxylic acids is 1. The second-order valence-corrected chi connectivity index (χ2v) is 7.89. The van der Waals surface area contributed by atoms with Crippen molar-refractivity contribution >= 4 is 40.8 Å². The Kier molecular flexibility index (Phi) is 6.73. The molecule has 0 aromatic heterocycles. The molecule has 28 heavy (non-hydrogen) atoms. The Balaban J connectivity index is 1.63. The van der Waals surface area contributed by atoms with Crippen LogP contribution in [0.1, 0.15) is 44.9 Å². The molecular weight excluding hydrogens is 380 g/mol. The molecule has 3 rings (SSSR count). The molecule has 150 valence electrons. The fourth-order valence-electron chi connectivity index (χ4n) is 3.89. The highest BCUT2D eigenvalue weighted by atomic mass is 35.5. The molecule has 1 saturated carbocycles. The van der Waals surface area contributed by atoms with Gasteiger partial charge in [-0.3, -0.25) is 9.59 Å². The molecule has 2 aliphatic rings. The molecule has 7 heteroatoms. The van der Waals surface area contributed by atoms with Gasteiger partial charge in [0.1, 0.15) is 0 Å². The van der Waals surface area contributed by atoms with E-state index in [4.69, 9.17) is 11.6 Å². The second-order valence-electron chi connectivity index (χ2n) is 7.48. The Morgan fingerprint density at radius 1 is 0.929 bits per heavy atom. The van der Waals surface area contributed by atoms with Gasteiger partial charge in [-0.25, -0.2) is 0 Å². The van der Waals surface area contributed by atoms with Gasteiger partial charge in [-0.1, -0.05) is 43.0 Å². The summed E-state index contributed by atoms with van der Waals surface area (Å²) in [6.45, 7) is 0. The summed E-state index contributed by atoms with van der Waals surface area (Å²) in [5, 5.41) is 17.2. The van der Waals surface area contributed by atoms with E-state index in [1.54, 1.807) is 30.4 Å². The van der Waals surface area contributed by atoms with Gasteiger partial charge < -0.3 is 20.5 Å². The standard InChI is InChI=1S/C21H25ClN2O4/c22-17-12-14(23-20(26)15-8-4-5-9-16(15)21(27)28)10-11-18(17)24-19(25)13-6-2-1-3-7-13/h4-5,10-13,15-16H,1-3,6-9H2,(H,23,26)(H,24,25)(H,27,28)/p-1/t15-,16-/m1/s1. The van der Waals surface area contributed by atoms with Crippen molar-refractivity contribution in [3.63, 3.8) is 0 Å². The molecule has 2 amide bonds. The van der Waals surface area contributed by atoms with Crippen LogP contribution in [0.3, 0.4) is 0 Å². The number of hydrogen-bond acceptors (Lipinski definition) is 4. The zero-order valence-electron chi connectivity index (χ0n) is 15.6. The molecule has 0 radical (unpaired) electrons. The molecule has 2 atom stereocenters. The summed E-state index contributed by atoms with van der Waals surface area (Å²) in [6.07, 6.45) is 9.31. The third-order valence-corrected chi connectivity index (χ3v) is 5.86. The maximum Gasteiger partial charge on any atom is 0.228 e. The normalized spacial score (nSPS) is 22.5. The number of allylic oxidation sites excluding steroid dienone is 2. The molecule has 6 nitrogen and oxygen atoms in total. The molecule has 0 spiro atoms. The molecular formula is C21H24ClN2O4-. The zero-order chi connectivity index (χ0) is 20.1. The molecule has 0 unspecified atom stereocenters. The Hall–Kier alpha value is -2.34. The SMILES string of the molecule is O=C(Nc1ccc(NC(=O)[C@@H]2CC=CC[C@H]2C(=O)[O-])cc1Cl)C1CCCCC1. The first-order valence-electron chi connectivity index (χ1n) is 9.73. The largest absolute Gasteiger partial charge is 0.550 e. The van der Waals surface area contributed by atoms with Crippen molar-refractivity contribution in [2.24, 2.45) is 17.8 Å². The van der Waals surface area contributed by atoms with E-state index in [0.29, 0.717) is 22.8 Å². The van der Waals surface area contributed by atoms with Gasteiger partial charge in [0.15, 0.2) is 0 Å². The maximum atomic E-state index is 12.5. The molecule has 0 bridgehead atoms. The molecule has 1 aromatic carbocycles. The third-order valence-electron chi connectivity index (χ3n) is 5.54. The minimum atomic E-state index is -1.22. The Labute approximate surface area is 169 Å². The Morgan fingerprint density at radius 3 is 2.25 bits per heavy atom. The minimum Gasteiger partial charge on any atom is -0.550 e. The van der Waals surface area contributed by atoms with Gasteiger partial charge in [0.25, 0.3) is 0 Å². The maximum absolute atomic E-state index is 12.5. The lowest BCUT2D eigenvalue weighted by Crippen LogP contribution is -2.41. The van der Waals surface area contributed by atoms with Crippen LogP contribution in [0.4, 0.5) is 11.4 Å². The average Bonchev–Trinajstić information content (AvgIpc) is 2.70. The van der Waals surface area contributed by atoms with E-state index in [-0.39, 0.29) is 24.2 Å². The first-order chi connectivity index (χ1) is 13.5. The van der Waals surface area contributed by atoms with E-state index in [1.807, 2.05) is 0 Å². The van der Waals surface area contributed by atoms with Crippen molar-refractivity contribution in [2.45, 2.75) is 44.9 Å². The fourth-order valence-corrected chi connectivity index (χ4v) is 4.12. The number of halogens is 1. The van der Waals surface area contributed by atoms with Crippen molar-refractivity contribution in [1.29, 1.82) is 0 Å². The van der Waals surface area contributed by atoms with Crippen LogP contribution in [0.15, 0.2) is 30.4 Å². The predicted molar refractivity (Wildman–Crippen MR) is 106 cm³/mol. The first-order valence-corrected chi connectivity index (χ1v) is 10.1. The number of hydrogen-bond donors (Lipinski definition) is 2. The van der Waals surface area contributed by atoms with Crippen molar-refractivity contribution in [1.82, 2.24) is 0 Å². The average molecular weight is 404 g/mol. The minimum absolute atomic E-state index is 0.0186. The van der Waals surface area contributed by atoms with Crippen LogP contribution in [0.2, 0.25) is 5.02 Å². The van der Waals surface area contributed by atoms with E-state index in [0.717, 1.165) is 25.7 Å². The Morgan fingerprint density at radius 2 is 1.61 bits per heavy atom.